The largest absolute Gasteiger partial charge is 0.493 e. The summed E-state index contributed by atoms with van der Waals surface area (Å²) in [6, 6.07) is 14.8. The minimum absolute atomic E-state index is 0.279. The molecule has 0 fully saturated rings. The normalized spacial score (nSPS) is 12.0. The SMILES string of the molecule is COc1cccc(CNC(C)c2ccc(C)cc2)c1OC. The van der Waals surface area contributed by atoms with E-state index in [0.717, 1.165) is 23.6 Å². The van der Waals surface area contributed by atoms with Gasteiger partial charge in [-0.1, -0.05) is 42.0 Å². The highest BCUT2D eigenvalue weighted by Crippen LogP contribution is 2.30. The van der Waals surface area contributed by atoms with E-state index in [-0.39, 0.29) is 6.04 Å². The fourth-order valence-electron chi connectivity index (χ4n) is 2.33. The van der Waals surface area contributed by atoms with Crippen LogP contribution in [-0.2, 0) is 6.54 Å². The van der Waals surface area contributed by atoms with E-state index in [9.17, 15) is 0 Å². The molecule has 0 aliphatic heterocycles. The van der Waals surface area contributed by atoms with Crippen molar-refractivity contribution in [2.45, 2.75) is 26.4 Å². The van der Waals surface area contributed by atoms with Gasteiger partial charge in [0.05, 0.1) is 14.2 Å². The molecule has 0 bridgehead atoms. The molecule has 0 spiro atoms. The number of para-hydroxylation sites is 1. The number of hydrogen-bond donors (Lipinski definition) is 1. The Kier molecular flexibility index (Phi) is 5.23. The first kappa shape index (κ1) is 15.4. The van der Waals surface area contributed by atoms with E-state index in [1.165, 1.54) is 11.1 Å². The second kappa shape index (κ2) is 7.14. The predicted molar refractivity (Wildman–Crippen MR) is 86.0 cm³/mol. The molecule has 3 heteroatoms. The molecule has 1 N–H and O–H groups in total. The van der Waals surface area contributed by atoms with Gasteiger partial charge in [0.1, 0.15) is 0 Å². The summed E-state index contributed by atoms with van der Waals surface area (Å²) in [5.74, 6) is 1.56. The zero-order chi connectivity index (χ0) is 15.2. The van der Waals surface area contributed by atoms with Crippen LogP contribution in [0, 0.1) is 6.92 Å². The second-order valence-corrected chi connectivity index (χ2v) is 5.17. The van der Waals surface area contributed by atoms with Gasteiger partial charge in [0.15, 0.2) is 11.5 Å². The zero-order valence-electron chi connectivity index (χ0n) is 13.1. The van der Waals surface area contributed by atoms with Crippen LogP contribution in [0.25, 0.3) is 0 Å². The summed E-state index contributed by atoms with van der Waals surface area (Å²) in [7, 11) is 3.33. The van der Waals surface area contributed by atoms with Crippen molar-refractivity contribution in [1.82, 2.24) is 5.32 Å². The molecule has 0 radical (unpaired) electrons. The Labute approximate surface area is 126 Å². The van der Waals surface area contributed by atoms with Gasteiger partial charge in [0.25, 0.3) is 0 Å². The number of benzene rings is 2. The van der Waals surface area contributed by atoms with Gasteiger partial charge >= 0.3 is 0 Å². The Morgan fingerprint density at radius 1 is 1.00 bits per heavy atom. The predicted octanol–water partition coefficient (Wildman–Crippen LogP) is 3.86. The monoisotopic (exact) mass is 285 g/mol. The molecular formula is C18H23NO2. The maximum atomic E-state index is 5.46. The van der Waals surface area contributed by atoms with E-state index < -0.39 is 0 Å². The van der Waals surface area contributed by atoms with Crippen molar-refractivity contribution in [1.29, 1.82) is 0 Å². The molecular weight excluding hydrogens is 262 g/mol. The maximum absolute atomic E-state index is 5.46. The average molecular weight is 285 g/mol. The number of hydrogen-bond acceptors (Lipinski definition) is 3. The Balaban J connectivity index is 2.07. The summed E-state index contributed by atoms with van der Waals surface area (Å²) in [5.41, 5.74) is 3.65. The number of ether oxygens (including phenoxy) is 2. The Morgan fingerprint density at radius 2 is 1.71 bits per heavy atom. The van der Waals surface area contributed by atoms with Gasteiger partial charge < -0.3 is 14.8 Å². The highest BCUT2D eigenvalue weighted by molar-refractivity contribution is 5.46. The summed E-state index contributed by atoms with van der Waals surface area (Å²) < 4.78 is 10.8. The maximum Gasteiger partial charge on any atom is 0.165 e. The van der Waals surface area contributed by atoms with Crippen molar-refractivity contribution in [2.75, 3.05) is 14.2 Å². The van der Waals surface area contributed by atoms with Gasteiger partial charge in [-0.05, 0) is 25.5 Å². The first-order valence-electron chi connectivity index (χ1n) is 7.15. The van der Waals surface area contributed by atoms with Gasteiger partial charge in [-0.15, -0.1) is 0 Å². The molecule has 0 saturated carbocycles. The minimum atomic E-state index is 0.279. The lowest BCUT2D eigenvalue weighted by atomic mass is 10.1. The molecule has 0 saturated heterocycles. The topological polar surface area (TPSA) is 30.5 Å². The summed E-state index contributed by atoms with van der Waals surface area (Å²) in [5, 5.41) is 3.53. The lowest BCUT2D eigenvalue weighted by Crippen LogP contribution is -2.18. The third kappa shape index (κ3) is 3.76. The zero-order valence-corrected chi connectivity index (χ0v) is 13.1. The molecule has 2 rings (SSSR count). The lowest BCUT2D eigenvalue weighted by Gasteiger charge is -2.17. The van der Waals surface area contributed by atoms with Gasteiger partial charge in [-0.3, -0.25) is 0 Å². The quantitative estimate of drug-likeness (QED) is 0.874. The van der Waals surface area contributed by atoms with E-state index in [2.05, 4.69) is 49.5 Å². The van der Waals surface area contributed by atoms with Crippen LogP contribution in [0.1, 0.15) is 29.7 Å². The van der Waals surface area contributed by atoms with Crippen molar-refractivity contribution < 1.29 is 9.47 Å². The van der Waals surface area contributed by atoms with Crippen molar-refractivity contribution >= 4 is 0 Å². The molecule has 2 aromatic carbocycles. The summed E-state index contributed by atoms with van der Waals surface area (Å²) in [4.78, 5) is 0. The second-order valence-electron chi connectivity index (χ2n) is 5.17. The Morgan fingerprint density at radius 3 is 2.33 bits per heavy atom. The fraction of sp³-hybridized carbons (Fsp3) is 0.333. The van der Waals surface area contributed by atoms with Crippen LogP contribution in [0.4, 0.5) is 0 Å². The van der Waals surface area contributed by atoms with Crippen molar-refractivity contribution in [3.63, 3.8) is 0 Å². The molecule has 0 heterocycles. The minimum Gasteiger partial charge on any atom is -0.493 e. The van der Waals surface area contributed by atoms with E-state index in [1.54, 1.807) is 14.2 Å². The Bertz CT molecular complexity index is 578. The number of rotatable bonds is 6. The smallest absolute Gasteiger partial charge is 0.165 e. The highest BCUT2D eigenvalue weighted by Gasteiger charge is 2.11. The number of nitrogens with one attached hydrogen (secondary N) is 1. The molecule has 0 aliphatic rings. The summed E-state index contributed by atoms with van der Waals surface area (Å²) in [6.07, 6.45) is 0. The molecule has 3 nitrogen and oxygen atoms in total. The number of methoxy groups -OCH3 is 2. The average Bonchev–Trinajstić information content (AvgIpc) is 2.52. The van der Waals surface area contributed by atoms with Gasteiger partial charge in [0, 0.05) is 18.2 Å². The standard InChI is InChI=1S/C18H23NO2/c1-13-8-10-15(11-9-13)14(2)19-12-16-6-5-7-17(20-3)18(16)21-4/h5-11,14,19H,12H2,1-4H3. The van der Waals surface area contributed by atoms with Crippen LogP contribution >= 0.6 is 0 Å². The molecule has 21 heavy (non-hydrogen) atoms. The van der Waals surface area contributed by atoms with Crippen molar-refractivity contribution in [3.05, 3.63) is 59.2 Å². The summed E-state index contributed by atoms with van der Waals surface area (Å²) >= 11 is 0. The van der Waals surface area contributed by atoms with E-state index >= 15 is 0 Å². The van der Waals surface area contributed by atoms with E-state index in [1.807, 2.05) is 12.1 Å². The van der Waals surface area contributed by atoms with Crippen LogP contribution < -0.4 is 14.8 Å². The molecule has 0 aliphatic carbocycles. The van der Waals surface area contributed by atoms with Crippen molar-refractivity contribution in [2.24, 2.45) is 0 Å². The fourth-order valence-corrected chi connectivity index (χ4v) is 2.33. The van der Waals surface area contributed by atoms with Crippen LogP contribution in [-0.4, -0.2) is 14.2 Å². The van der Waals surface area contributed by atoms with Gasteiger partial charge in [-0.2, -0.15) is 0 Å². The lowest BCUT2D eigenvalue weighted by molar-refractivity contribution is 0.350. The summed E-state index contributed by atoms with van der Waals surface area (Å²) in [6.45, 7) is 5.00. The van der Waals surface area contributed by atoms with E-state index in [0.29, 0.717) is 0 Å². The van der Waals surface area contributed by atoms with Crippen LogP contribution in [0.5, 0.6) is 11.5 Å². The van der Waals surface area contributed by atoms with Crippen molar-refractivity contribution in [3.8, 4) is 11.5 Å². The molecule has 2 aromatic rings. The molecule has 1 unspecified atom stereocenters. The van der Waals surface area contributed by atoms with Crippen LogP contribution in [0.15, 0.2) is 42.5 Å². The molecule has 0 aromatic heterocycles. The highest BCUT2D eigenvalue weighted by atomic mass is 16.5. The molecule has 1 atom stereocenters. The number of aryl methyl sites for hydroxylation is 1. The molecule has 0 amide bonds. The van der Waals surface area contributed by atoms with Crippen LogP contribution in [0.2, 0.25) is 0 Å². The first-order chi connectivity index (χ1) is 10.2. The van der Waals surface area contributed by atoms with Crippen LogP contribution in [0.3, 0.4) is 0 Å². The van der Waals surface area contributed by atoms with Gasteiger partial charge in [0.2, 0.25) is 0 Å². The molecule has 112 valence electrons. The Hall–Kier alpha value is -2.00. The van der Waals surface area contributed by atoms with Gasteiger partial charge in [-0.25, -0.2) is 0 Å². The van der Waals surface area contributed by atoms with E-state index in [4.69, 9.17) is 9.47 Å². The third-order valence-corrected chi connectivity index (χ3v) is 3.66. The first-order valence-corrected chi connectivity index (χ1v) is 7.15. The third-order valence-electron chi connectivity index (χ3n) is 3.66.